The first-order valence-corrected chi connectivity index (χ1v) is 7.71. The van der Waals surface area contributed by atoms with Gasteiger partial charge >= 0.3 is 0 Å². The Morgan fingerprint density at radius 2 is 1.55 bits per heavy atom. The van der Waals surface area contributed by atoms with Crippen molar-refractivity contribution in [3.63, 3.8) is 0 Å². The van der Waals surface area contributed by atoms with Gasteiger partial charge in [-0.1, -0.05) is 20.8 Å². The van der Waals surface area contributed by atoms with Crippen molar-refractivity contribution in [3.8, 4) is 0 Å². The van der Waals surface area contributed by atoms with Crippen molar-refractivity contribution in [3.05, 3.63) is 29.3 Å². The molecule has 0 aromatic heterocycles. The highest BCUT2D eigenvalue weighted by Gasteiger charge is 2.39. The van der Waals surface area contributed by atoms with Gasteiger partial charge in [-0.3, -0.25) is 0 Å². The van der Waals surface area contributed by atoms with E-state index in [9.17, 15) is 31.1 Å². The lowest BCUT2D eigenvalue weighted by atomic mass is 9.87. The van der Waals surface area contributed by atoms with Gasteiger partial charge in [0.1, 0.15) is 0 Å². The van der Waals surface area contributed by atoms with Gasteiger partial charge in [0.05, 0.1) is 12.6 Å². The molecule has 1 atom stereocenters. The topological polar surface area (TPSA) is 57.6 Å². The zero-order valence-electron chi connectivity index (χ0n) is 12.5. The summed E-state index contributed by atoms with van der Waals surface area (Å²) in [6.45, 7) is 4.15. The third kappa shape index (κ3) is 3.26. The van der Waals surface area contributed by atoms with E-state index < -0.39 is 56.3 Å². The van der Waals surface area contributed by atoms with Gasteiger partial charge < -0.3 is 5.11 Å². The van der Waals surface area contributed by atoms with Crippen LogP contribution < -0.4 is 0 Å². The van der Waals surface area contributed by atoms with Crippen LogP contribution in [0.1, 0.15) is 20.8 Å². The second kappa shape index (κ2) is 6.13. The van der Waals surface area contributed by atoms with Crippen LogP contribution in [0.5, 0.6) is 0 Å². The van der Waals surface area contributed by atoms with Crippen molar-refractivity contribution in [1.29, 1.82) is 0 Å². The molecule has 0 aliphatic heterocycles. The minimum absolute atomic E-state index is 0.0724. The highest BCUT2D eigenvalue weighted by molar-refractivity contribution is 7.89. The first-order valence-electron chi connectivity index (χ1n) is 6.27. The van der Waals surface area contributed by atoms with Crippen LogP contribution in [-0.4, -0.2) is 37.5 Å². The van der Waals surface area contributed by atoms with Crippen molar-refractivity contribution in [2.45, 2.75) is 31.7 Å². The summed E-state index contributed by atoms with van der Waals surface area (Å²) in [4.78, 5) is -1.71. The van der Waals surface area contributed by atoms with Gasteiger partial charge in [0.25, 0.3) is 0 Å². The fraction of sp³-hybridized carbons (Fsp3) is 0.538. The normalized spacial score (nSPS) is 14.5. The molecule has 0 heterocycles. The van der Waals surface area contributed by atoms with Gasteiger partial charge in [-0.15, -0.1) is 0 Å². The van der Waals surface area contributed by atoms with Gasteiger partial charge in [0.15, 0.2) is 28.2 Å². The second-order valence-corrected chi connectivity index (χ2v) is 7.82. The number of nitrogens with zero attached hydrogens (tertiary/aromatic N) is 1. The molecule has 0 aliphatic carbocycles. The molecule has 9 heteroatoms. The number of aliphatic hydroxyl groups is 1. The Kier molecular flexibility index (Phi) is 5.26. The zero-order valence-corrected chi connectivity index (χ0v) is 13.3. The predicted molar refractivity (Wildman–Crippen MR) is 71.6 cm³/mol. The van der Waals surface area contributed by atoms with Crippen molar-refractivity contribution >= 4 is 10.0 Å². The molecular formula is C13H17F4NO3S. The van der Waals surface area contributed by atoms with E-state index in [1.807, 2.05) is 0 Å². The molecule has 0 unspecified atom stereocenters. The van der Waals surface area contributed by atoms with E-state index in [-0.39, 0.29) is 6.07 Å². The molecule has 0 spiro atoms. The summed E-state index contributed by atoms with van der Waals surface area (Å²) in [7, 11) is -3.92. The maximum absolute atomic E-state index is 13.7. The van der Waals surface area contributed by atoms with E-state index in [2.05, 4.69) is 0 Å². The number of sulfonamides is 1. The third-order valence-corrected chi connectivity index (χ3v) is 5.21. The molecule has 0 bridgehead atoms. The number of likely N-dealkylation sites (N-methyl/N-ethyl adjacent to an activating group) is 1. The Balaban J connectivity index is 3.55. The maximum atomic E-state index is 13.7. The fourth-order valence-corrected chi connectivity index (χ4v) is 3.68. The SMILES string of the molecule is CN([C@@H](CO)C(C)(C)C)S(=O)(=O)c1c(F)c(F)cc(F)c1F. The Morgan fingerprint density at radius 3 is 1.86 bits per heavy atom. The lowest BCUT2D eigenvalue weighted by Crippen LogP contribution is -2.47. The molecule has 0 saturated heterocycles. The number of rotatable bonds is 4. The number of benzene rings is 1. The summed E-state index contributed by atoms with van der Waals surface area (Å²) in [5.41, 5.74) is -0.782. The monoisotopic (exact) mass is 343 g/mol. The minimum Gasteiger partial charge on any atom is -0.395 e. The van der Waals surface area contributed by atoms with E-state index in [0.29, 0.717) is 4.31 Å². The average molecular weight is 343 g/mol. The molecule has 1 rings (SSSR count). The van der Waals surface area contributed by atoms with Gasteiger partial charge in [-0.05, 0) is 5.41 Å². The molecule has 0 radical (unpaired) electrons. The molecule has 0 saturated carbocycles. The summed E-state index contributed by atoms with van der Waals surface area (Å²) >= 11 is 0. The van der Waals surface area contributed by atoms with Gasteiger partial charge in [0, 0.05) is 13.1 Å². The van der Waals surface area contributed by atoms with Gasteiger partial charge in [-0.25, -0.2) is 26.0 Å². The van der Waals surface area contributed by atoms with Crippen LogP contribution in [0.25, 0.3) is 0 Å². The Morgan fingerprint density at radius 1 is 1.14 bits per heavy atom. The zero-order chi connectivity index (χ0) is 17.5. The number of hydrogen-bond donors (Lipinski definition) is 1. The van der Waals surface area contributed by atoms with Crippen LogP contribution in [0.3, 0.4) is 0 Å². The molecule has 1 aromatic carbocycles. The number of halogens is 4. The minimum atomic E-state index is -4.90. The van der Waals surface area contributed by atoms with E-state index in [4.69, 9.17) is 0 Å². The second-order valence-electron chi connectivity index (χ2n) is 5.88. The van der Waals surface area contributed by atoms with Crippen LogP contribution in [0, 0.1) is 28.7 Å². The van der Waals surface area contributed by atoms with Crippen molar-refractivity contribution in [1.82, 2.24) is 4.31 Å². The van der Waals surface area contributed by atoms with Gasteiger partial charge in [0.2, 0.25) is 10.0 Å². The van der Waals surface area contributed by atoms with Gasteiger partial charge in [-0.2, -0.15) is 4.31 Å². The lowest BCUT2D eigenvalue weighted by Gasteiger charge is -2.35. The van der Waals surface area contributed by atoms with Crippen molar-refractivity contribution in [2.24, 2.45) is 5.41 Å². The number of hydrogen-bond acceptors (Lipinski definition) is 3. The Hall–Kier alpha value is -1.19. The fourth-order valence-electron chi connectivity index (χ4n) is 2.02. The Labute approximate surface area is 126 Å². The first kappa shape index (κ1) is 18.9. The molecule has 4 nitrogen and oxygen atoms in total. The lowest BCUT2D eigenvalue weighted by molar-refractivity contribution is 0.114. The maximum Gasteiger partial charge on any atom is 0.249 e. The third-order valence-electron chi connectivity index (χ3n) is 3.32. The van der Waals surface area contributed by atoms with E-state index >= 15 is 0 Å². The van der Waals surface area contributed by atoms with Crippen molar-refractivity contribution < 1.29 is 31.1 Å². The predicted octanol–water partition coefficient (Wildman–Crippen LogP) is 2.27. The quantitative estimate of drug-likeness (QED) is 0.674. The molecule has 22 heavy (non-hydrogen) atoms. The van der Waals surface area contributed by atoms with Crippen LogP contribution >= 0.6 is 0 Å². The molecule has 0 aliphatic rings. The largest absolute Gasteiger partial charge is 0.395 e. The molecule has 0 amide bonds. The standard InChI is InChI=1S/C13H17F4NO3S/c1-13(2,3)9(6-19)18(4)22(20,21)12-10(16)7(14)5-8(15)11(12)17/h5,9,19H,6H2,1-4H3/t9-/m0/s1. The van der Waals surface area contributed by atoms with Crippen LogP contribution in [0.15, 0.2) is 11.0 Å². The Bertz CT molecular complexity index is 645. The van der Waals surface area contributed by atoms with Crippen LogP contribution in [-0.2, 0) is 10.0 Å². The summed E-state index contributed by atoms with van der Waals surface area (Å²) in [6.07, 6.45) is 0. The molecule has 1 N–H and O–H groups in total. The number of aliphatic hydroxyl groups excluding tert-OH is 1. The highest BCUT2D eigenvalue weighted by atomic mass is 32.2. The highest BCUT2D eigenvalue weighted by Crippen LogP contribution is 2.31. The molecular weight excluding hydrogens is 326 g/mol. The van der Waals surface area contributed by atoms with Crippen LogP contribution in [0.2, 0.25) is 0 Å². The van der Waals surface area contributed by atoms with Crippen molar-refractivity contribution in [2.75, 3.05) is 13.7 Å². The van der Waals surface area contributed by atoms with E-state index in [0.717, 1.165) is 7.05 Å². The van der Waals surface area contributed by atoms with Crippen LogP contribution in [0.4, 0.5) is 17.6 Å². The molecule has 126 valence electrons. The molecule has 1 aromatic rings. The van der Waals surface area contributed by atoms with E-state index in [1.54, 1.807) is 20.8 Å². The van der Waals surface area contributed by atoms with E-state index in [1.165, 1.54) is 0 Å². The summed E-state index contributed by atoms with van der Waals surface area (Å²) in [5.74, 6) is -7.64. The first-order chi connectivity index (χ1) is 9.85. The summed E-state index contributed by atoms with van der Waals surface area (Å²) < 4.78 is 79.0. The summed E-state index contributed by atoms with van der Waals surface area (Å²) in [6, 6.07) is -1.13. The smallest absolute Gasteiger partial charge is 0.249 e. The average Bonchev–Trinajstić information content (AvgIpc) is 2.35. The summed E-state index contributed by atoms with van der Waals surface area (Å²) in [5, 5.41) is 9.35. The molecule has 0 fully saturated rings.